The molecule has 0 saturated heterocycles. The van der Waals surface area contributed by atoms with Gasteiger partial charge in [0.25, 0.3) is 0 Å². The summed E-state index contributed by atoms with van der Waals surface area (Å²) in [5, 5.41) is 5.91. The first-order chi connectivity index (χ1) is 19.3. The lowest BCUT2D eigenvalue weighted by Gasteiger charge is -2.39. The highest BCUT2D eigenvalue weighted by atomic mass is 16.6. The molecule has 7 heteroatoms. The smallest absolute Gasteiger partial charge is 0.408 e. The zero-order chi connectivity index (χ0) is 30.6. The molecule has 3 atom stereocenters. The van der Waals surface area contributed by atoms with Gasteiger partial charge in [-0.2, -0.15) is 0 Å². The van der Waals surface area contributed by atoms with Crippen molar-refractivity contribution >= 4 is 17.9 Å². The highest BCUT2D eigenvalue weighted by Gasteiger charge is 2.38. The molecule has 2 aromatic rings. The third-order valence-corrected chi connectivity index (χ3v) is 6.91. The highest BCUT2D eigenvalue weighted by Crippen LogP contribution is 2.28. The van der Waals surface area contributed by atoms with E-state index in [1.165, 1.54) is 0 Å². The average Bonchev–Trinajstić information content (AvgIpc) is 2.90. The molecule has 2 N–H and O–H groups in total. The van der Waals surface area contributed by atoms with E-state index >= 15 is 0 Å². The van der Waals surface area contributed by atoms with Crippen LogP contribution in [-0.4, -0.2) is 47.0 Å². The van der Waals surface area contributed by atoms with E-state index < -0.39 is 23.8 Å². The van der Waals surface area contributed by atoms with E-state index in [-0.39, 0.29) is 24.3 Å². The van der Waals surface area contributed by atoms with Crippen LogP contribution in [0.2, 0.25) is 0 Å². The third kappa shape index (κ3) is 11.6. The second kappa shape index (κ2) is 16.2. The van der Waals surface area contributed by atoms with Gasteiger partial charge in [0, 0.05) is 19.0 Å². The molecule has 0 aliphatic rings. The van der Waals surface area contributed by atoms with Crippen LogP contribution in [0.4, 0.5) is 4.79 Å². The van der Waals surface area contributed by atoms with E-state index in [2.05, 4.69) is 31.4 Å². The van der Waals surface area contributed by atoms with Gasteiger partial charge in [-0.05, 0) is 70.9 Å². The van der Waals surface area contributed by atoms with Crippen LogP contribution in [-0.2, 0) is 20.7 Å². The maximum Gasteiger partial charge on any atom is 0.408 e. The molecule has 3 amide bonds. The Morgan fingerprint density at radius 1 is 0.927 bits per heavy atom. The number of nitrogens with one attached hydrogen (secondary N) is 2. The summed E-state index contributed by atoms with van der Waals surface area (Å²) in [5.74, 6) is -0.0967. The van der Waals surface area contributed by atoms with Gasteiger partial charge in [0.05, 0.1) is 0 Å². The second-order valence-electron chi connectivity index (χ2n) is 12.4. The van der Waals surface area contributed by atoms with Crippen LogP contribution in [0.25, 0.3) is 0 Å². The Balaban J connectivity index is 2.59. The normalized spacial score (nSPS) is 13.7. The number of hydrogen-bond acceptors (Lipinski definition) is 4. The summed E-state index contributed by atoms with van der Waals surface area (Å²) in [5.41, 5.74) is 1.98. The molecule has 0 spiro atoms. The quantitative estimate of drug-likeness (QED) is 0.248. The molecule has 226 valence electrons. The maximum atomic E-state index is 14.6. The van der Waals surface area contributed by atoms with E-state index in [1.807, 2.05) is 68.4 Å². The lowest BCUT2D eigenvalue weighted by atomic mass is 9.95. The second-order valence-corrected chi connectivity index (χ2v) is 12.4. The van der Waals surface area contributed by atoms with E-state index in [0.717, 1.165) is 42.4 Å². The van der Waals surface area contributed by atoms with Crippen LogP contribution in [0.1, 0.15) is 96.9 Å². The molecule has 7 nitrogen and oxygen atoms in total. The molecule has 41 heavy (non-hydrogen) atoms. The van der Waals surface area contributed by atoms with Crippen molar-refractivity contribution in [3.63, 3.8) is 0 Å². The van der Waals surface area contributed by atoms with Crippen LogP contribution >= 0.6 is 0 Å². The minimum atomic E-state index is -0.926. The number of carbonyl (C=O) groups excluding carboxylic acids is 3. The first kappa shape index (κ1) is 33.9. The minimum Gasteiger partial charge on any atom is -0.444 e. The molecular formula is C34H51N3O4. The summed E-state index contributed by atoms with van der Waals surface area (Å²) in [4.78, 5) is 43.2. The average molecular weight is 566 g/mol. The molecule has 0 aliphatic carbocycles. The third-order valence-electron chi connectivity index (χ3n) is 6.91. The fraction of sp³-hybridized carbons (Fsp3) is 0.559. The fourth-order valence-corrected chi connectivity index (χ4v) is 4.66. The lowest BCUT2D eigenvalue weighted by Crippen LogP contribution is -2.56. The van der Waals surface area contributed by atoms with Crippen LogP contribution in [0.15, 0.2) is 54.6 Å². The number of unbranched alkanes of at least 4 members (excludes halogenated alkanes) is 1. The summed E-state index contributed by atoms with van der Waals surface area (Å²) in [7, 11) is 0. The van der Waals surface area contributed by atoms with Gasteiger partial charge in [0.15, 0.2) is 0 Å². The summed E-state index contributed by atoms with van der Waals surface area (Å²) in [6, 6.07) is 15.3. The molecule has 2 rings (SSSR count). The van der Waals surface area contributed by atoms with Gasteiger partial charge < -0.3 is 20.3 Å². The molecule has 3 unspecified atom stereocenters. The van der Waals surface area contributed by atoms with Crippen molar-refractivity contribution in [3.8, 4) is 0 Å². The topological polar surface area (TPSA) is 87.7 Å². The zero-order valence-electron chi connectivity index (χ0n) is 26.3. The number of alkyl carbamates (subject to hydrolysis) is 1. The van der Waals surface area contributed by atoms with Gasteiger partial charge in [-0.25, -0.2) is 4.79 Å². The Morgan fingerprint density at radius 2 is 1.56 bits per heavy atom. The number of ether oxygens (including phenoxy) is 1. The Morgan fingerprint density at radius 3 is 2.12 bits per heavy atom. The van der Waals surface area contributed by atoms with Crippen LogP contribution in [0.3, 0.4) is 0 Å². The molecule has 0 heterocycles. The number of hydrogen-bond donors (Lipinski definition) is 2. The van der Waals surface area contributed by atoms with Crippen molar-refractivity contribution in [2.45, 2.75) is 111 Å². The summed E-state index contributed by atoms with van der Waals surface area (Å²) < 4.78 is 5.55. The van der Waals surface area contributed by atoms with Gasteiger partial charge >= 0.3 is 6.09 Å². The minimum absolute atomic E-state index is 0.220. The molecule has 0 radical (unpaired) electrons. The summed E-state index contributed by atoms with van der Waals surface area (Å²) in [6.07, 6.45) is 3.01. The van der Waals surface area contributed by atoms with Crippen molar-refractivity contribution in [2.24, 2.45) is 5.92 Å². The van der Waals surface area contributed by atoms with Crippen molar-refractivity contribution < 1.29 is 19.1 Å². The Hall–Kier alpha value is -3.35. The number of rotatable bonds is 14. The largest absolute Gasteiger partial charge is 0.444 e. The monoisotopic (exact) mass is 565 g/mol. The number of aryl methyl sites for hydroxylation is 1. The predicted octanol–water partition coefficient (Wildman–Crippen LogP) is 6.74. The first-order valence-electron chi connectivity index (χ1n) is 15.0. The molecule has 0 aliphatic heterocycles. The van der Waals surface area contributed by atoms with Crippen molar-refractivity contribution in [3.05, 3.63) is 71.3 Å². The van der Waals surface area contributed by atoms with Crippen LogP contribution in [0, 0.1) is 12.8 Å². The number of nitrogens with zero attached hydrogens (tertiary/aromatic N) is 1. The summed E-state index contributed by atoms with van der Waals surface area (Å²) >= 11 is 0. The van der Waals surface area contributed by atoms with E-state index in [1.54, 1.807) is 25.7 Å². The van der Waals surface area contributed by atoms with Crippen molar-refractivity contribution in [1.82, 2.24) is 15.5 Å². The maximum absolute atomic E-state index is 14.6. The fourth-order valence-electron chi connectivity index (χ4n) is 4.66. The zero-order valence-corrected chi connectivity index (χ0v) is 26.3. The van der Waals surface area contributed by atoms with Crippen molar-refractivity contribution in [2.75, 3.05) is 6.54 Å². The Labute approximate surface area is 247 Å². The SMILES string of the molecule is CCCCNC(=O)C(c1ccc(C)cc1)N(C(=O)C(Cc1ccccc1)NC(=O)OC(C)(C)C)C(C)CCC(C)C. The van der Waals surface area contributed by atoms with Gasteiger partial charge in [-0.3, -0.25) is 9.59 Å². The molecule has 0 bridgehead atoms. The Kier molecular flexibility index (Phi) is 13.4. The molecule has 0 fully saturated rings. The predicted molar refractivity (Wildman–Crippen MR) is 166 cm³/mol. The molecule has 2 aromatic carbocycles. The lowest BCUT2D eigenvalue weighted by molar-refractivity contribution is -0.145. The van der Waals surface area contributed by atoms with Crippen LogP contribution < -0.4 is 10.6 Å². The van der Waals surface area contributed by atoms with Gasteiger partial charge in [-0.1, -0.05) is 87.4 Å². The summed E-state index contributed by atoms with van der Waals surface area (Å²) in [6.45, 7) is 16.3. The molecule has 0 saturated carbocycles. The van der Waals surface area contributed by atoms with E-state index in [4.69, 9.17) is 4.74 Å². The van der Waals surface area contributed by atoms with Gasteiger partial charge in [0.2, 0.25) is 11.8 Å². The molecule has 0 aromatic heterocycles. The number of benzene rings is 2. The molecular weight excluding hydrogens is 514 g/mol. The van der Waals surface area contributed by atoms with E-state index in [9.17, 15) is 14.4 Å². The Bertz CT molecular complexity index is 1090. The highest BCUT2D eigenvalue weighted by molar-refractivity contribution is 5.92. The van der Waals surface area contributed by atoms with Crippen molar-refractivity contribution in [1.29, 1.82) is 0 Å². The standard InChI is InChI=1S/C34H51N3O4/c1-9-10-22-35-31(38)30(28-20-17-25(4)18-21-28)37(26(5)19-16-24(2)3)32(39)29(23-27-14-12-11-13-15-27)36-33(40)41-34(6,7)8/h11-15,17-18,20-21,24,26,29-30H,9-10,16,19,22-23H2,1-8H3,(H,35,38)(H,36,40). The van der Waals surface area contributed by atoms with Crippen LogP contribution in [0.5, 0.6) is 0 Å². The van der Waals surface area contributed by atoms with Gasteiger partial charge in [-0.15, -0.1) is 0 Å². The number of carbonyl (C=O) groups is 3. The van der Waals surface area contributed by atoms with E-state index in [0.29, 0.717) is 12.5 Å². The number of amides is 3. The van der Waals surface area contributed by atoms with Gasteiger partial charge in [0.1, 0.15) is 17.7 Å². The first-order valence-corrected chi connectivity index (χ1v) is 15.0.